The number of hydrogen-bond acceptors (Lipinski definition) is 6. The number of furan rings is 1. The lowest BCUT2D eigenvalue weighted by Crippen LogP contribution is -2.21. The molecule has 42 heavy (non-hydrogen) atoms. The molecule has 0 saturated heterocycles. The van der Waals surface area contributed by atoms with E-state index < -0.39 is 17.3 Å². The molecule has 0 unspecified atom stereocenters. The number of nitrogens with zero attached hydrogens (tertiary/aromatic N) is 3. The number of aromatic nitrogens is 2. The van der Waals surface area contributed by atoms with Crippen molar-refractivity contribution in [2.24, 2.45) is 5.10 Å². The van der Waals surface area contributed by atoms with Gasteiger partial charge in [-0.3, -0.25) is 9.59 Å². The van der Waals surface area contributed by atoms with E-state index in [-0.39, 0.29) is 18.2 Å². The summed E-state index contributed by atoms with van der Waals surface area (Å²) in [4.78, 5) is 30.7. The highest BCUT2D eigenvalue weighted by Crippen LogP contribution is 2.29. The summed E-state index contributed by atoms with van der Waals surface area (Å²) in [6.45, 7) is -0.372. The molecule has 208 valence electrons. The summed E-state index contributed by atoms with van der Waals surface area (Å²) in [5.41, 5.74) is 1.30. The summed E-state index contributed by atoms with van der Waals surface area (Å²) in [6, 6.07) is 24.1. The number of para-hydroxylation sites is 1. The van der Waals surface area contributed by atoms with E-state index in [1.54, 1.807) is 72.8 Å². The number of anilines is 1. The zero-order valence-electron chi connectivity index (χ0n) is 21.6. The van der Waals surface area contributed by atoms with E-state index in [0.29, 0.717) is 43.5 Å². The fraction of sp³-hybridized carbons (Fsp3) is 0.0323. The molecule has 0 bridgehead atoms. The lowest BCUT2D eigenvalue weighted by molar-refractivity contribution is -0.118. The van der Waals surface area contributed by atoms with Crippen LogP contribution in [0.4, 0.5) is 10.1 Å². The smallest absolute Gasteiger partial charge is 0.282 e. The summed E-state index contributed by atoms with van der Waals surface area (Å²) in [5, 5.41) is 9.02. The molecule has 0 radical (unpaired) electrons. The Balaban J connectivity index is 1.35. The molecule has 0 spiro atoms. The van der Waals surface area contributed by atoms with Crippen molar-refractivity contribution in [3.05, 3.63) is 123 Å². The largest absolute Gasteiger partial charge is 0.483 e. The van der Waals surface area contributed by atoms with E-state index in [1.165, 1.54) is 24.4 Å². The highest BCUT2D eigenvalue weighted by Gasteiger charge is 2.17. The molecular formula is C31H19Cl2FN4O4. The van der Waals surface area contributed by atoms with Crippen LogP contribution in [0.15, 0.2) is 105 Å². The summed E-state index contributed by atoms with van der Waals surface area (Å²) >= 11 is 12.4. The first-order valence-electron chi connectivity index (χ1n) is 12.6. The van der Waals surface area contributed by atoms with Crippen molar-refractivity contribution in [1.29, 1.82) is 0 Å². The predicted molar refractivity (Wildman–Crippen MR) is 161 cm³/mol. The fourth-order valence-corrected chi connectivity index (χ4v) is 4.65. The minimum Gasteiger partial charge on any atom is -0.483 e. The first kappa shape index (κ1) is 27.2. The number of halogens is 3. The number of carbonyl (C=O) groups excluding carboxylic acids is 1. The highest BCUT2D eigenvalue weighted by atomic mass is 35.5. The molecule has 6 rings (SSSR count). The molecule has 8 nitrogen and oxygen atoms in total. The van der Waals surface area contributed by atoms with Gasteiger partial charge in [-0.25, -0.2) is 9.37 Å². The van der Waals surface area contributed by atoms with Gasteiger partial charge in [0.2, 0.25) is 5.82 Å². The van der Waals surface area contributed by atoms with Crippen molar-refractivity contribution >= 4 is 62.9 Å². The van der Waals surface area contributed by atoms with Crippen molar-refractivity contribution in [3.63, 3.8) is 0 Å². The Kier molecular flexibility index (Phi) is 7.43. The lowest BCUT2D eigenvalue weighted by atomic mass is 10.2. The van der Waals surface area contributed by atoms with Crippen LogP contribution in [0.2, 0.25) is 10.0 Å². The van der Waals surface area contributed by atoms with Crippen LogP contribution in [0.3, 0.4) is 0 Å². The molecule has 1 N–H and O–H groups in total. The molecule has 0 aliphatic carbocycles. The minimum atomic E-state index is -0.499. The summed E-state index contributed by atoms with van der Waals surface area (Å²) in [6.07, 6.45) is 1.38. The maximum atomic E-state index is 13.6. The number of fused-ring (bicyclic) bond motifs is 2. The number of amides is 1. The van der Waals surface area contributed by atoms with E-state index in [0.717, 1.165) is 10.1 Å². The number of benzene rings is 4. The van der Waals surface area contributed by atoms with Crippen molar-refractivity contribution in [1.82, 2.24) is 9.66 Å². The van der Waals surface area contributed by atoms with Crippen LogP contribution in [0.5, 0.6) is 5.75 Å². The Morgan fingerprint density at radius 3 is 2.67 bits per heavy atom. The first-order chi connectivity index (χ1) is 20.3. The minimum absolute atomic E-state index is 0.168. The standard InChI is InChI=1S/C31H19Cl2FN4O4/c32-20-9-11-27-18(12-20)14-28(42-27)30-37-25-7-2-1-6-24(25)31(40)38(30)35-16-19-13-21(33)8-10-26(19)41-17-29(39)36-23-5-3-4-22(34)15-23/h1-16H,17H2,(H,36,39). The van der Waals surface area contributed by atoms with E-state index in [4.69, 9.17) is 32.4 Å². The van der Waals surface area contributed by atoms with Gasteiger partial charge in [-0.05, 0) is 72.8 Å². The van der Waals surface area contributed by atoms with Gasteiger partial charge >= 0.3 is 0 Å². The SMILES string of the molecule is O=C(COc1ccc(Cl)cc1C=Nn1c(-c2cc3cc(Cl)ccc3o2)nc2ccccc2c1=O)Nc1cccc(F)c1. The summed E-state index contributed by atoms with van der Waals surface area (Å²) in [7, 11) is 0. The number of carbonyl (C=O) groups is 1. The average Bonchev–Trinajstić information content (AvgIpc) is 3.39. The first-order valence-corrected chi connectivity index (χ1v) is 13.3. The topological polar surface area (TPSA) is 98.7 Å². The van der Waals surface area contributed by atoms with Crippen LogP contribution in [-0.4, -0.2) is 28.4 Å². The van der Waals surface area contributed by atoms with Gasteiger partial charge in [0.15, 0.2) is 12.4 Å². The van der Waals surface area contributed by atoms with E-state index in [1.807, 2.05) is 0 Å². The Labute approximate surface area is 247 Å². The molecule has 2 aromatic heterocycles. The van der Waals surface area contributed by atoms with Gasteiger partial charge < -0.3 is 14.5 Å². The van der Waals surface area contributed by atoms with Gasteiger partial charge in [0, 0.05) is 26.7 Å². The quantitative estimate of drug-likeness (QED) is 0.196. The Morgan fingerprint density at radius 2 is 1.81 bits per heavy atom. The van der Waals surface area contributed by atoms with E-state index in [2.05, 4.69) is 15.4 Å². The van der Waals surface area contributed by atoms with Gasteiger partial charge in [0.25, 0.3) is 11.5 Å². The second-order valence-electron chi connectivity index (χ2n) is 9.14. The molecule has 11 heteroatoms. The van der Waals surface area contributed by atoms with Crippen LogP contribution in [0.1, 0.15) is 5.56 Å². The third kappa shape index (κ3) is 5.74. The van der Waals surface area contributed by atoms with E-state index in [9.17, 15) is 14.0 Å². The van der Waals surface area contributed by atoms with Crippen molar-refractivity contribution in [2.75, 3.05) is 11.9 Å². The number of nitrogens with one attached hydrogen (secondary N) is 1. The Bertz CT molecular complexity index is 2070. The third-order valence-electron chi connectivity index (χ3n) is 6.20. The van der Waals surface area contributed by atoms with E-state index >= 15 is 0 Å². The molecule has 6 aromatic rings. The molecule has 0 aliphatic rings. The monoisotopic (exact) mass is 600 g/mol. The molecule has 0 saturated carbocycles. The third-order valence-corrected chi connectivity index (χ3v) is 6.67. The number of rotatable bonds is 7. The van der Waals surface area contributed by atoms with Crippen LogP contribution in [0, 0.1) is 5.82 Å². The zero-order chi connectivity index (χ0) is 29.2. The Hall–Kier alpha value is -4.99. The number of ether oxygens (including phenoxy) is 1. The maximum Gasteiger partial charge on any atom is 0.282 e. The normalized spacial score (nSPS) is 11.4. The second-order valence-corrected chi connectivity index (χ2v) is 10.0. The lowest BCUT2D eigenvalue weighted by Gasteiger charge is -2.11. The molecule has 2 heterocycles. The number of hydrogen-bond donors (Lipinski definition) is 1. The molecule has 0 aliphatic heterocycles. The zero-order valence-corrected chi connectivity index (χ0v) is 23.1. The van der Waals surface area contributed by atoms with Gasteiger partial charge in [-0.1, -0.05) is 41.4 Å². The van der Waals surface area contributed by atoms with Gasteiger partial charge in [-0.15, -0.1) is 0 Å². The van der Waals surface area contributed by atoms with Crippen molar-refractivity contribution < 1.29 is 18.3 Å². The maximum absolute atomic E-state index is 13.6. The van der Waals surface area contributed by atoms with Crippen LogP contribution >= 0.6 is 23.2 Å². The van der Waals surface area contributed by atoms with Crippen LogP contribution < -0.4 is 15.6 Å². The predicted octanol–water partition coefficient (Wildman–Crippen LogP) is 7.16. The summed E-state index contributed by atoms with van der Waals surface area (Å²) in [5.74, 6) is -0.223. The molecule has 0 atom stereocenters. The molecule has 4 aromatic carbocycles. The van der Waals surface area contributed by atoms with Gasteiger partial charge in [0.05, 0.1) is 17.1 Å². The molecule has 0 fully saturated rings. The summed E-state index contributed by atoms with van der Waals surface area (Å²) < 4.78 is 26.3. The molecule has 1 amide bonds. The van der Waals surface area contributed by atoms with Gasteiger partial charge in [-0.2, -0.15) is 9.78 Å². The van der Waals surface area contributed by atoms with Crippen LogP contribution in [0.25, 0.3) is 33.5 Å². The average molecular weight is 601 g/mol. The van der Waals surface area contributed by atoms with Crippen molar-refractivity contribution in [2.45, 2.75) is 0 Å². The van der Waals surface area contributed by atoms with Crippen molar-refractivity contribution in [3.8, 4) is 17.3 Å². The fourth-order valence-electron chi connectivity index (χ4n) is 4.29. The second kappa shape index (κ2) is 11.5. The Morgan fingerprint density at radius 1 is 1.00 bits per heavy atom. The van der Waals surface area contributed by atoms with Gasteiger partial charge in [0.1, 0.15) is 17.1 Å². The molecular weight excluding hydrogens is 582 g/mol. The highest BCUT2D eigenvalue weighted by molar-refractivity contribution is 6.31. The van der Waals surface area contributed by atoms with Crippen LogP contribution in [-0.2, 0) is 4.79 Å².